The molecule has 1 saturated carbocycles. The summed E-state index contributed by atoms with van der Waals surface area (Å²) in [7, 11) is 1.32. The molecule has 1 fully saturated rings. The Bertz CT molecular complexity index is 349. The highest BCUT2D eigenvalue weighted by Crippen LogP contribution is 2.30. The lowest BCUT2D eigenvalue weighted by Gasteiger charge is -2.27. The number of hydrogen-bond acceptors (Lipinski definition) is 4. The molecule has 19 heavy (non-hydrogen) atoms. The summed E-state index contributed by atoms with van der Waals surface area (Å²) in [5, 5.41) is 5.24. The van der Waals surface area contributed by atoms with Crippen LogP contribution in [0.25, 0.3) is 0 Å². The van der Waals surface area contributed by atoms with Crippen LogP contribution in [0.2, 0.25) is 0 Å². The zero-order valence-electron chi connectivity index (χ0n) is 11.6. The van der Waals surface area contributed by atoms with Gasteiger partial charge in [-0.2, -0.15) is 0 Å². The van der Waals surface area contributed by atoms with Crippen LogP contribution in [0.1, 0.15) is 45.4 Å². The van der Waals surface area contributed by atoms with Crippen molar-refractivity contribution in [2.24, 2.45) is 0 Å². The first-order chi connectivity index (χ1) is 9.04. The van der Waals surface area contributed by atoms with Crippen molar-refractivity contribution in [1.82, 2.24) is 10.6 Å². The fourth-order valence-corrected chi connectivity index (χ4v) is 2.36. The molecule has 0 aromatic rings. The van der Waals surface area contributed by atoms with E-state index in [1.54, 1.807) is 0 Å². The summed E-state index contributed by atoms with van der Waals surface area (Å²) in [5.74, 6) is -0.911. The van der Waals surface area contributed by atoms with E-state index in [1.165, 1.54) is 7.11 Å². The Balaban J connectivity index is 2.49. The lowest BCUT2D eigenvalue weighted by Crippen LogP contribution is -2.55. The molecule has 0 spiro atoms. The summed E-state index contributed by atoms with van der Waals surface area (Å²) in [6.45, 7) is 1.79. The Morgan fingerprint density at radius 3 is 2.32 bits per heavy atom. The van der Waals surface area contributed by atoms with Crippen LogP contribution in [0.5, 0.6) is 0 Å². The second kappa shape index (κ2) is 7.11. The van der Waals surface area contributed by atoms with Gasteiger partial charge in [0.15, 0.2) is 0 Å². The highest BCUT2D eigenvalue weighted by molar-refractivity contribution is 5.90. The van der Waals surface area contributed by atoms with Crippen molar-refractivity contribution in [2.75, 3.05) is 13.7 Å². The van der Waals surface area contributed by atoms with Crippen molar-refractivity contribution in [3.05, 3.63) is 0 Å². The topological polar surface area (TPSA) is 84.5 Å². The van der Waals surface area contributed by atoms with Crippen LogP contribution in [0.4, 0.5) is 0 Å². The Kier molecular flexibility index (Phi) is 5.79. The SMILES string of the molecule is CCCC(=O)NCC(=O)NC1(C(=O)OC)CCCC1. The number of ether oxygens (including phenoxy) is 1. The summed E-state index contributed by atoms with van der Waals surface area (Å²) in [6.07, 6.45) is 4.09. The molecule has 1 rings (SSSR count). The first-order valence-corrected chi connectivity index (χ1v) is 6.70. The third-order valence-electron chi connectivity index (χ3n) is 3.34. The lowest BCUT2D eigenvalue weighted by atomic mass is 9.97. The maximum Gasteiger partial charge on any atom is 0.331 e. The van der Waals surface area contributed by atoms with Crippen molar-refractivity contribution in [1.29, 1.82) is 0 Å². The molecule has 0 aromatic carbocycles. The van der Waals surface area contributed by atoms with Crippen LogP contribution in [0.15, 0.2) is 0 Å². The molecule has 1 aliphatic rings. The number of esters is 1. The largest absolute Gasteiger partial charge is 0.467 e. The van der Waals surface area contributed by atoms with Crippen molar-refractivity contribution in [3.63, 3.8) is 0 Å². The van der Waals surface area contributed by atoms with Gasteiger partial charge in [0.1, 0.15) is 5.54 Å². The summed E-state index contributed by atoms with van der Waals surface area (Å²) in [6, 6.07) is 0. The quantitative estimate of drug-likeness (QED) is 0.689. The van der Waals surface area contributed by atoms with Crippen molar-refractivity contribution in [2.45, 2.75) is 51.0 Å². The number of carbonyl (C=O) groups excluding carboxylic acids is 3. The summed E-state index contributed by atoms with van der Waals surface area (Å²) in [5.41, 5.74) is -0.901. The Morgan fingerprint density at radius 1 is 1.16 bits per heavy atom. The van der Waals surface area contributed by atoms with E-state index in [2.05, 4.69) is 10.6 Å². The molecular weight excluding hydrogens is 248 g/mol. The van der Waals surface area contributed by atoms with E-state index in [1.807, 2.05) is 6.92 Å². The van der Waals surface area contributed by atoms with E-state index < -0.39 is 11.5 Å². The maximum atomic E-state index is 11.8. The Labute approximate surface area is 113 Å². The predicted molar refractivity (Wildman–Crippen MR) is 69.3 cm³/mol. The minimum absolute atomic E-state index is 0.0996. The molecule has 0 bridgehead atoms. The molecule has 6 heteroatoms. The van der Waals surface area contributed by atoms with E-state index in [-0.39, 0.29) is 18.4 Å². The standard InChI is InChI=1S/C13H22N2O4/c1-3-6-10(16)14-9-11(17)15-13(12(18)19-2)7-4-5-8-13/h3-9H2,1-2H3,(H,14,16)(H,15,17). The van der Waals surface area contributed by atoms with Gasteiger partial charge in [-0.3, -0.25) is 9.59 Å². The first kappa shape index (κ1) is 15.5. The minimum atomic E-state index is -0.901. The van der Waals surface area contributed by atoms with Gasteiger partial charge in [0.05, 0.1) is 13.7 Å². The molecular formula is C13H22N2O4. The number of nitrogens with one attached hydrogen (secondary N) is 2. The van der Waals surface area contributed by atoms with Gasteiger partial charge >= 0.3 is 5.97 Å². The molecule has 108 valence electrons. The number of methoxy groups -OCH3 is 1. The van der Waals surface area contributed by atoms with E-state index in [0.29, 0.717) is 19.3 Å². The first-order valence-electron chi connectivity index (χ1n) is 6.70. The molecule has 2 amide bonds. The molecule has 0 aromatic heterocycles. The van der Waals surface area contributed by atoms with Crippen molar-refractivity contribution < 1.29 is 19.1 Å². The number of hydrogen-bond donors (Lipinski definition) is 2. The summed E-state index contributed by atoms with van der Waals surface area (Å²) in [4.78, 5) is 34.9. The number of rotatable bonds is 6. The predicted octanol–water partition coefficient (Wildman–Crippen LogP) is 0.505. The maximum absolute atomic E-state index is 11.8. The normalized spacial score (nSPS) is 16.7. The second-order valence-corrected chi connectivity index (χ2v) is 4.86. The van der Waals surface area contributed by atoms with Gasteiger partial charge in [-0.15, -0.1) is 0 Å². The van der Waals surface area contributed by atoms with Crippen LogP contribution in [-0.2, 0) is 19.1 Å². The molecule has 0 saturated heterocycles. The highest BCUT2D eigenvalue weighted by atomic mass is 16.5. The summed E-state index contributed by atoms with van der Waals surface area (Å²) >= 11 is 0. The molecule has 6 nitrogen and oxygen atoms in total. The zero-order valence-corrected chi connectivity index (χ0v) is 11.6. The van der Waals surface area contributed by atoms with Gasteiger partial charge in [0, 0.05) is 6.42 Å². The third kappa shape index (κ3) is 4.22. The smallest absolute Gasteiger partial charge is 0.331 e. The van der Waals surface area contributed by atoms with E-state index >= 15 is 0 Å². The average molecular weight is 270 g/mol. The minimum Gasteiger partial charge on any atom is -0.467 e. The molecule has 1 aliphatic carbocycles. The molecule has 0 unspecified atom stereocenters. The van der Waals surface area contributed by atoms with Gasteiger partial charge in [-0.05, 0) is 19.3 Å². The fourth-order valence-electron chi connectivity index (χ4n) is 2.36. The summed E-state index contributed by atoms with van der Waals surface area (Å²) < 4.78 is 4.76. The van der Waals surface area contributed by atoms with Crippen molar-refractivity contribution in [3.8, 4) is 0 Å². The molecule has 0 aliphatic heterocycles. The highest BCUT2D eigenvalue weighted by Gasteiger charge is 2.43. The van der Waals surface area contributed by atoms with Gasteiger partial charge in [0.25, 0.3) is 0 Å². The van der Waals surface area contributed by atoms with Crippen molar-refractivity contribution >= 4 is 17.8 Å². The lowest BCUT2D eigenvalue weighted by molar-refractivity contribution is -0.150. The Hall–Kier alpha value is -1.59. The zero-order chi connectivity index (χ0) is 14.3. The third-order valence-corrected chi connectivity index (χ3v) is 3.34. The fraction of sp³-hybridized carbons (Fsp3) is 0.769. The van der Waals surface area contributed by atoms with Gasteiger partial charge in [-0.1, -0.05) is 19.8 Å². The van der Waals surface area contributed by atoms with Crippen LogP contribution in [0.3, 0.4) is 0 Å². The van der Waals surface area contributed by atoms with Crippen LogP contribution < -0.4 is 10.6 Å². The van der Waals surface area contributed by atoms with Crippen LogP contribution in [0, 0.1) is 0 Å². The monoisotopic (exact) mass is 270 g/mol. The average Bonchev–Trinajstić information content (AvgIpc) is 2.85. The molecule has 2 N–H and O–H groups in total. The van der Waals surface area contributed by atoms with E-state index in [4.69, 9.17) is 4.74 Å². The van der Waals surface area contributed by atoms with E-state index in [0.717, 1.165) is 19.3 Å². The van der Waals surface area contributed by atoms with Gasteiger partial charge in [0.2, 0.25) is 11.8 Å². The van der Waals surface area contributed by atoms with Gasteiger partial charge in [-0.25, -0.2) is 4.79 Å². The number of carbonyl (C=O) groups is 3. The molecule has 0 heterocycles. The number of amides is 2. The second-order valence-electron chi connectivity index (χ2n) is 4.86. The molecule has 0 radical (unpaired) electrons. The van der Waals surface area contributed by atoms with Crippen LogP contribution >= 0.6 is 0 Å². The van der Waals surface area contributed by atoms with Gasteiger partial charge < -0.3 is 15.4 Å². The van der Waals surface area contributed by atoms with E-state index in [9.17, 15) is 14.4 Å². The Morgan fingerprint density at radius 2 is 1.79 bits per heavy atom. The molecule has 0 atom stereocenters. The van der Waals surface area contributed by atoms with Crippen LogP contribution in [-0.4, -0.2) is 37.0 Å².